The predicted molar refractivity (Wildman–Crippen MR) is 194 cm³/mol. The van der Waals surface area contributed by atoms with E-state index in [2.05, 4.69) is 39.9 Å². The van der Waals surface area contributed by atoms with Crippen LogP contribution in [0.15, 0.2) is 92.4 Å². The molecule has 0 atom stereocenters. The number of aromatic amines is 2. The Hall–Kier alpha value is -6.12. The SMILES string of the molecule is O=S(=O)(O)c1ccc2c(c1)-c1nc3nc(nc4nc([nH]c5[nH]c(nc-2n1)c1cc(S(=O)(=O)O)ccc51)-c1ccc(S(=O)(=O)O)cc1-4)-c1cc(S(=O)(=O)O)ccc1-3. The second-order valence-electron chi connectivity index (χ2n) is 12.3. The van der Waals surface area contributed by atoms with E-state index in [1.54, 1.807) is 0 Å². The van der Waals surface area contributed by atoms with Crippen molar-refractivity contribution in [2.24, 2.45) is 0 Å². The monoisotopic (exact) mass is 834 g/mol. The van der Waals surface area contributed by atoms with E-state index in [1.165, 1.54) is 24.3 Å². The van der Waals surface area contributed by atoms with Gasteiger partial charge in [-0.3, -0.25) is 18.2 Å². The first-order valence-corrected chi connectivity index (χ1v) is 21.3. The summed E-state index contributed by atoms with van der Waals surface area (Å²) >= 11 is 0. The van der Waals surface area contributed by atoms with E-state index in [1.807, 2.05) is 0 Å². The zero-order valence-electron chi connectivity index (χ0n) is 27.3. The van der Waals surface area contributed by atoms with Crippen LogP contribution in [0.1, 0.15) is 0 Å². The van der Waals surface area contributed by atoms with Crippen molar-refractivity contribution in [1.82, 2.24) is 39.9 Å². The molecular weight excluding hydrogens is 817 g/mol. The third kappa shape index (κ3) is 5.87. The van der Waals surface area contributed by atoms with Gasteiger partial charge in [0.15, 0.2) is 29.1 Å². The molecule has 0 radical (unpaired) electrons. The van der Waals surface area contributed by atoms with E-state index in [-0.39, 0.29) is 85.0 Å². The molecule has 56 heavy (non-hydrogen) atoms. The second kappa shape index (κ2) is 11.7. The highest BCUT2D eigenvalue weighted by Crippen LogP contribution is 2.41. The molecule has 2 aromatic heterocycles. The maximum absolute atomic E-state index is 12.2. The van der Waals surface area contributed by atoms with Gasteiger partial charge in [0.2, 0.25) is 0 Å². The first kappa shape index (κ1) is 35.6. The van der Waals surface area contributed by atoms with Crippen molar-refractivity contribution in [3.63, 3.8) is 0 Å². The van der Waals surface area contributed by atoms with E-state index >= 15 is 0 Å². The number of nitrogens with zero attached hydrogens (tertiary/aromatic N) is 6. The summed E-state index contributed by atoms with van der Waals surface area (Å²) in [6.45, 7) is 0. The predicted octanol–water partition coefficient (Wildman–Crippen LogP) is 3.76. The van der Waals surface area contributed by atoms with Gasteiger partial charge in [0.1, 0.15) is 17.1 Å². The first-order valence-electron chi connectivity index (χ1n) is 15.5. The van der Waals surface area contributed by atoms with E-state index in [0.29, 0.717) is 5.39 Å². The van der Waals surface area contributed by atoms with Crippen molar-refractivity contribution < 1.29 is 51.9 Å². The second-order valence-corrected chi connectivity index (χ2v) is 18.0. The lowest BCUT2D eigenvalue weighted by Crippen LogP contribution is -1.99. The zero-order valence-corrected chi connectivity index (χ0v) is 30.6. The number of benzene rings is 4. The molecule has 0 aliphatic carbocycles. The van der Waals surface area contributed by atoms with Crippen LogP contribution in [0.3, 0.4) is 0 Å². The fourth-order valence-corrected chi connectivity index (χ4v) is 8.38. The number of fused-ring (bicyclic) bond motifs is 20. The number of nitrogens with one attached hydrogen (secondary N) is 2. The molecule has 24 heteroatoms. The molecule has 0 amide bonds. The molecule has 0 fully saturated rings. The molecule has 0 unspecified atom stereocenters. The topological polar surface area (TPSA) is 326 Å². The molecule has 8 bridgehead atoms. The van der Waals surface area contributed by atoms with Crippen LogP contribution in [0.4, 0.5) is 0 Å². The lowest BCUT2D eigenvalue weighted by atomic mass is 10.1. The highest BCUT2D eigenvalue weighted by atomic mass is 32.2. The summed E-state index contributed by atoms with van der Waals surface area (Å²) in [7, 11) is -19.0. The summed E-state index contributed by atoms with van der Waals surface area (Å²) in [5, 5.41) is 0.456. The Kier molecular flexibility index (Phi) is 7.43. The molecule has 4 aromatic carbocycles. The smallest absolute Gasteiger partial charge is 0.294 e. The molecule has 9 rings (SSSR count). The highest BCUT2D eigenvalue weighted by molar-refractivity contribution is 7.86. The fraction of sp³-hybridized carbons (Fsp3) is 0. The van der Waals surface area contributed by atoms with Gasteiger partial charge in [-0.2, -0.15) is 33.7 Å². The van der Waals surface area contributed by atoms with Crippen LogP contribution in [0.25, 0.3) is 90.4 Å². The highest BCUT2D eigenvalue weighted by Gasteiger charge is 2.29. The Morgan fingerprint density at radius 3 is 1.23 bits per heavy atom. The molecule has 5 heterocycles. The van der Waals surface area contributed by atoms with Gasteiger partial charge in [-0.1, -0.05) is 0 Å². The van der Waals surface area contributed by atoms with E-state index in [4.69, 9.17) is 0 Å². The van der Waals surface area contributed by atoms with E-state index in [0.717, 1.165) is 48.5 Å². The molecule has 20 nitrogen and oxygen atoms in total. The summed E-state index contributed by atoms with van der Waals surface area (Å²) in [6, 6.07) is 14.1. The van der Waals surface area contributed by atoms with Crippen LogP contribution in [0.5, 0.6) is 0 Å². The third-order valence-corrected chi connectivity index (χ3v) is 12.3. The van der Waals surface area contributed by atoms with Gasteiger partial charge in [-0.05, 0) is 72.8 Å². The minimum Gasteiger partial charge on any atom is -0.325 e. The van der Waals surface area contributed by atoms with Gasteiger partial charge >= 0.3 is 0 Å². The minimum atomic E-state index is -4.76. The van der Waals surface area contributed by atoms with Crippen LogP contribution < -0.4 is 0 Å². The number of aromatic nitrogens is 8. The van der Waals surface area contributed by atoms with Crippen molar-refractivity contribution in [2.75, 3.05) is 0 Å². The molecule has 0 spiro atoms. The lowest BCUT2D eigenvalue weighted by Gasteiger charge is -2.03. The van der Waals surface area contributed by atoms with Gasteiger partial charge in [0, 0.05) is 44.2 Å². The molecule has 6 N–H and O–H groups in total. The summed E-state index contributed by atoms with van der Waals surface area (Å²) in [4.78, 5) is 31.4. The van der Waals surface area contributed by atoms with Gasteiger partial charge < -0.3 is 9.97 Å². The largest absolute Gasteiger partial charge is 0.325 e. The summed E-state index contributed by atoms with van der Waals surface area (Å²) < 4.78 is 137. The standard InChI is InChI=1S/C32H18N8O12S4/c41-53(42,43)13-1-5-17-21(9-13)29-34-25(17)33-26-18-6-2-15(55(47,48)49)11-23(18)31(35-26)40-32-24-12-16(56(50,51)52)4-8-20(24)28(39-32)38-30-22-10-14(54(44,45)46)3-7-19(22)27(36-29)37-30/h1-12H,(H,41,42,43)(H,44,45,46)(H,47,48,49)(H,50,51,52)(H2,33,34,35,36,37,38,39,40). The van der Waals surface area contributed by atoms with Crippen molar-refractivity contribution in [2.45, 2.75) is 19.6 Å². The number of hydrogen-bond donors (Lipinski definition) is 6. The Balaban J connectivity index is 1.47. The summed E-state index contributed by atoms with van der Waals surface area (Å²) in [5.74, 6) is -0.761. The molecule has 3 aliphatic rings. The third-order valence-electron chi connectivity index (χ3n) is 8.91. The van der Waals surface area contributed by atoms with Gasteiger partial charge in [-0.15, -0.1) is 0 Å². The van der Waals surface area contributed by atoms with Crippen molar-refractivity contribution >= 4 is 62.5 Å². The molecular formula is C32H18N8O12S4. The fourth-order valence-electron chi connectivity index (χ4n) is 6.35. The first-order chi connectivity index (χ1) is 26.2. The molecule has 0 saturated heterocycles. The van der Waals surface area contributed by atoms with Crippen molar-refractivity contribution in [3.05, 3.63) is 72.8 Å². The zero-order chi connectivity index (χ0) is 39.7. The average molecular weight is 835 g/mol. The molecule has 282 valence electrons. The Morgan fingerprint density at radius 2 is 0.750 bits per heavy atom. The maximum atomic E-state index is 12.2. The van der Waals surface area contributed by atoms with Crippen molar-refractivity contribution in [1.29, 1.82) is 0 Å². The summed E-state index contributed by atoms with van der Waals surface area (Å²) in [5.41, 5.74) is 0.900. The molecule has 0 saturated carbocycles. The number of rotatable bonds is 4. The van der Waals surface area contributed by atoms with Crippen LogP contribution in [-0.2, 0) is 40.5 Å². The van der Waals surface area contributed by atoms with Crippen LogP contribution in [-0.4, -0.2) is 91.8 Å². The van der Waals surface area contributed by atoms with E-state index in [9.17, 15) is 51.9 Å². The lowest BCUT2D eigenvalue weighted by molar-refractivity contribution is 0.481. The van der Waals surface area contributed by atoms with E-state index < -0.39 is 60.1 Å². The summed E-state index contributed by atoms with van der Waals surface area (Å²) in [6.07, 6.45) is 0. The Labute approximate surface area is 313 Å². The Morgan fingerprint density at radius 1 is 0.375 bits per heavy atom. The molecule has 6 aromatic rings. The quantitative estimate of drug-likeness (QED) is 0.137. The Bertz CT molecular complexity index is 3500. The van der Waals surface area contributed by atoms with Gasteiger partial charge in [-0.25, -0.2) is 29.9 Å². The number of H-pyrrole nitrogens is 2. The number of hydrogen-bond acceptors (Lipinski definition) is 14. The molecule has 3 aliphatic heterocycles. The van der Waals surface area contributed by atoms with Crippen molar-refractivity contribution in [3.8, 4) is 68.3 Å². The maximum Gasteiger partial charge on any atom is 0.294 e. The van der Waals surface area contributed by atoms with Crippen LogP contribution >= 0.6 is 0 Å². The van der Waals surface area contributed by atoms with Gasteiger partial charge in [0.25, 0.3) is 40.5 Å². The average Bonchev–Trinajstić information content (AvgIpc) is 3.84. The van der Waals surface area contributed by atoms with Gasteiger partial charge in [0.05, 0.1) is 19.6 Å². The minimum absolute atomic E-state index is 0.0174. The normalized spacial score (nSPS) is 13.2. The van der Waals surface area contributed by atoms with Crippen LogP contribution in [0.2, 0.25) is 0 Å². The van der Waals surface area contributed by atoms with Crippen LogP contribution in [0, 0.1) is 0 Å².